The van der Waals surface area contributed by atoms with E-state index >= 15 is 0 Å². The predicted octanol–water partition coefficient (Wildman–Crippen LogP) is 1.45. The molecule has 0 aliphatic rings. The van der Waals surface area contributed by atoms with Crippen molar-refractivity contribution in [2.75, 3.05) is 21.3 Å². The van der Waals surface area contributed by atoms with Gasteiger partial charge in [0.1, 0.15) is 6.23 Å². The molecule has 0 heterocycles. The number of nitrogens with two attached hydrogens (primary N) is 1. The van der Waals surface area contributed by atoms with Crippen molar-refractivity contribution >= 4 is 8.80 Å². The average Bonchev–Trinajstić information content (AvgIpc) is 2.31. The maximum Gasteiger partial charge on any atom is 0.528 e. The molecule has 0 saturated heterocycles. The van der Waals surface area contributed by atoms with Crippen LogP contribution in [0.2, 0.25) is 0 Å². The monoisotopic (exact) mass is 263 g/mol. The molecule has 17 heavy (non-hydrogen) atoms. The Balaban J connectivity index is 4.66. The van der Waals surface area contributed by atoms with Crippen LogP contribution in [-0.2, 0) is 18.0 Å². The van der Waals surface area contributed by atoms with E-state index in [0.29, 0.717) is 0 Å². The fraction of sp³-hybridized carbons (Fsp3) is 0.818. The van der Waals surface area contributed by atoms with Crippen molar-refractivity contribution in [1.29, 1.82) is 0 Å². The maximum atomic E-state index is 5.76. The van der Waals surface area contributed by atoms with Crippen LogP contribution >= 0.6 is 0 Å². The quantitative estimate of drug-likeness (QED) is 0.530. The van der Waals surface area contributed by atoms with Gasteiger partial charge in [0, 0.05) is 21.3 Å². The molecule has 0 aromatic carbocycles. The molecule has 0 bridgehead atoms. The van der Waals surface area contributed by atoms with E-state index in [1.165, 1.54) is 0 Å². The lowest BCUT2D eigenvalue weighted by atomic mass is 10.1. The lowest BCUT2D eigenvalue weighted by Gasteiger charge is -2.27. The van der Waals surface area contributed by atoms with Crippen LogP contribution in [0.1, 0.15) is 27.2 Å². The van der Waals surface area contributed by atoms with Gasteiger partial charge < -0.3 is 23.7 Å². The lowest BCUT2D eigenvalue weighted by Crippen LogP contribution is -2.42. The Kier molecular flexibility index (Phi) is 7.15. The molecule has 0 aromatic rings. The van der Waals surface area contributed by atoms with E-state index in [2.05, 4.69) is 0 Å². The predicted molar refractivity (Wildman–Crippen MR) is 69.4 cm³/mol. The highest BCUT2D eigenvalue weighted by Gasteiger charge is 2.35. The lowest BCUT2D eigenvalue weighted by molar-refractivity contribution is -0.0394. The zero-order valence-corrected chi connectivity index (χ0v) is 12.6. The molecule has 0 radical (unpaired) electrons. The van der Waals surface area contributed by atoms with Crippen molar-refractivity contribution in [3.63, 3.8) is 0 Å². The second-order valence-electron chi connectivity index (χ2n) is 4.22. The van der Waals surface area contributed by atoms with Crippen LogP contribution in [0.25, 0.3) is 0 Å². The zero-order valence-electron chi connectivity index (χ0n) is 11.6. The third-order valence-electron chi connectivity index (χ3n) is 2.40. The van der Waals surface area contributed by atoms with Gasteiger partial charge in [-0.25, -0.2) is 0 Å². The molecule has 0 saturated carbocycles. The molecule has 0 aromatic heterocycles. The second-order valence-corrected chi connectivity index (χ2v) is 6.98. The first-order valence-electron chi connectivity index (χ1n) is 5.64. The van der Waals surface area contributed by atoms with Crippen LogP contribution in [0, 0.1) is 0 Å². The molecule has 1 unspecified atom stereocenters. The van der Waals surface area contributed by atoms with Crippen LogP contribution in [0.5, 0.6) is 0 Å². The smallest absolute Gasteiger partial charge is 0.374 e. The Morgan fingerprint density at radius 1 is 1.18 bits per heavy atom. The topological polar surface area (TPSA) is 62.9 Å². The summed E-state index contributed by atoms with van der Waals surface area (Å²) in [6.45, 7) is 5.83. The standard InChI is InChI=1S/C11H25NO4Si/c1-7-10(12)16-11(2,3)8-9-17(13-4,14-5)15-6/h8-10H,7,12H2,1-6H3. The number of rotatable bonds is 8. The highest BCUT2D eigenvalue weighted by Crippen LogP contribution is 2.17. The number of hydrogen-bond donors (Lipinski definition) is 1. The molecular formula is C11H25NO4Si. The van der Waals surface area contributed by atoms with Crippen LogP contribution in [0.4, 0.5) is 0 Å². The van der Waals surface area contributed by atoms with Gasteiger partial charge in [-0.05, 0) is 26.0 Å². The van der Waals surface area contributed by atoms with Crippen molar-refractivity contribution in [3.8, 4) is 0 Å². The zero-order chi connectivity index (χ0) is 13.5. The highest BCUT2D eigenvalue weighted by molar-refractivity contribution is 6.66. The summed E-state index contributed by atoms with van der Waals surface area (Å²) in [5.41, 5.74) is 7.08. The normalized spacial score (nSPS) is 15.5. The molecule has 2 N–H and O–H groups in total. The van der Waals surface area contributed by atoms with E-state index in [4.69, 9.17) is 23.7 Å². The fourth-order valence-electron chi connectivity index (χ4n) is 1.27. The van der Waals surface area contributed by atoms with Crippen LogP contribution in [-0.4, -0.2) is 42.0 Å². The van der Waals surface area contributed by atoms with Crippen LogP contribution < -0.4 is 5.73 Å². The SMILES string of the molecule is CCC(N)OC(C)(C)C=C[Si](OC)(OC)OC. The first-order valence-corrected chi connectivity index (χ1v) is 7.44. The Morgan fingerprint density at radius 3 is 2.00 bits per heavy atom. The van der Waals surface area contributed by atoms with E-state index in [1.54, 1.807) is 27.0 Å². The van der Waals surface area contributed by atoms with Gasteiger partial charge in [0.05, 0.1) is 5.60 Å². The minimum absolute atomic E-state index is 0.279. The Bertz CT molecular complexity index is 233. The largest absolute Gasteiger partial charge is 0.528 e. The minimum Gasteiger partial charge on any atom is -0.374 e. The van der Waals surface area contributed by atoms with Gasteiger partial charge in [-0.15, -0.1) is 0 Å². The third-order valence-corrected chi connectivity index (χ3v) is 4.68. The summed E-state index contributed by atoms with van der Waals surface area (Å²) in [5, 5.41) is 0. The maximum absolute atomic E-state index is 5.76. The summed E-state index contributed by atoms with van der Waals surface area (Å²) in [5.74, 6) is 0. The van der Waals surface area contributed by atoms with Crippen LogP contribution in [0.3, 0.4) is 0 Å². The van der Waals surface area contributed by atoms with E-state index in [-0.39, 0.29) is 6.23 Å². The van der Waals surface area contributed by atoms with Gasteiger partial charge >= 0.3 is 8.80 Å². The molecule has 102 valence electrons. The van der Waals surface area contributed by atoms with Gasteiger partial charge in [-0.2, -0.15) is 0 Å². The van der Waals surface area contributed by atoms with E-state index < -0.39 is 14.4 Å². The first-order chi connectivity index (χ1) is 7.84. The molecule has 1 atom stereocenters. The molecule has 6 heteroatoms. The van der Waals surface area contributed by atoms with Crippen molar-refractivity contribution in [1.82, 2.24) is 0 Å². The second kappa shape index (κ2) is 7.25. The summed E-state index contributed by atoms with van der Waals surface area (Å²) < 4.78 is 21.5. The van der Waals surface area contributed by atoms with Crippen molar-refractivity contribution in [2.45, 2.75) is 39.0 Å². The first kappa shape index (κ1) is 16.8. The molecule has 5 nitrogen and oxygen atoms in total. The molecule has 0 rings (SSSR count). The van der Waals surface area contributed by atoms with Gasteiger partial charge in [0.2, 0.25) is 0 Å². The molecular weight excluding hydrogens is 238 g/mol. The van der Waals surface area contributed by atoms with Crippen molar-refractivity contribution in [3.05, 3.63) is 11.8 Å². The van der Waals surface area contributed by atoms with E-state index in [1.807, 2.05) is 26.8 Å². The van der Waals surface area contributed by atoms with E-state index in [9.17, 15) is 0 Å². The fourth-order valence-corrected chi connectivity index (χ4v) is 2.78. The number of ether oxygens (including phenoxy) is 1. The van der Waals surface area contributed by atoms with Gasteiger partial charge in [0.15, 0.2) is 0 Å². The Hall–Kier alpha value is -0.243. The Labute approximate surface area is 105 Å². The summed E-state index contributed by atoms with van der Waals surface area (Å²) in [6.07, 6.45) is 2.35. The Morgan fingerprint density at radius 2 is 1.65 bits per heavy atom. The minimum atomic E-state index is -2.69. The molecule has 0 aliphatic heterocycles. The highest BCUT2D eigenvalue weighted by atomic mass is 28.4. The molecule has 0 fully saturated rings. The van der Waals surface area contributed by atoms with E-state index in [0.717, 1.165) is 6.42 Å². The number of hydrogen-bond acceptors (Lipinski definition) is 5. The average molecular weight is 263 g/mol. The van der Waals surface area contributed by atoms with Gasteiger partial charge in [-0.1, -0.05) is 13.0 Å². The molecule has 0 aliphatic carbocycles. The van der Waals surface area contributed by atoms with Gasteiger partial charge in [0.25, 0.3) is 0 Å². The van der Waals surface area contributed by atoms with Crippen molar-refractivity contribution in [2.24, 2.45) is 5.73 Å². The van der Waals surface area contributed by atoms with Crippen LogP contribution in [0.15, 0.2) is 11.8 Å². The summed E-state index contributed by atoms with van der Waals surface area (Å²) >= 11 is 0. The molecule has 0 amide bonds. The molecule has 0 spiro atoms. The van der Waals surface area contributed by atoms with Gasteiger partial charge in [-0.3, -0.25) is 0 Å². The summed E-state index contributed by atoms with van der Waals surface area (Å²) in [6, 6.07) is 0. The summed E-state index contributed by atoms with van der Waals surface area (Å²) in [4.78, 5) is 0. The van der Waals surface area contributed by atoms with Crippen molar-refractivity contribution < 1.29 is 18.0 Å². The summed E-state index contributed by atoms with van der Waals surface area (Å²) in [7, 11) is 2.00. The third kappa shape index (κ3) is 5.76.